The van der Waals surface area contributed by atoms with Crippen LogP contribution in [0.5, 0.6) is 11.5 Å². The number of hydrogen-bond acceptors (Lipinski definition) is 2. The lowest BCUT2D eigenvalue weighted by Crippen LogP contribution is -2.30. The average molecular weight is 497 g/mol. The van der Waals surface area contributed by atoms with Crippen LogP contribution >= 0.6 is 0 Å². The van der Waals surface area contributed by atoms with Gasteiger partial charge < -0.3 is 9.47 Å². The summed E-state index contributed by atoms with van der Waals surface area (Å²) in [4.78, 5) is 0. The second-order valence-electron chi connectivity index (χ2n) is 10.1. The minimum Gasteiger partial charge on any atom is -0.493 e. The minimum absolute atomic E-state index is 0.179. The van der Waals surface area contributed by atoms with Crippen LogP contribution in [-0.2, 0) is 13.0 Å². The van der Waals surface area contributed by atoms with Crippen molar-refractivity contribution in [3.63, 3.8) is 0 Å². The van der Waals surface area contributed by atoms with Gasteiger partial charge in [0.15, 0.2) is 23.8 Å². The maximum Gasteiger partial charge on any atom is 0.184 e. The molecule has 0 N–H and O–H groups in total. The van der Waals surface area contributed by atoms with Gasteiger partial charge in [0.05, 0.1) is 13.7 Å². The van der Waals surface area contributed by atoms with E-state index in [1.807, 2.05) is 12.1 Å². The average Bonchev–Trinajstić information content (AvgIpc) is 2.90. The van der Waals surface area contributed by atoms with Crippen LogP contribution in [0.1, 0.15) is 108 Å². The number of halogens is 1. The Hall–Kier alpha value is -2.36. The Labute approximate surface area is 218 Å². The van der Waals surface area contributed by atoms with Gasteiger partial charge in [0, 0.05) is 29.5 Å². The molecular weight excluding hydrogens is 449 g/mol. The largest absolute Gasteiger partial charge is 0.493 e. The smallest absolute Gasteiger partial charge is 0.184 e. The molecule has 0 fully saturated rings. The Bertz CT molecular complexity index is 951. The van der Waals surface area contributed by atoms with Crippen molar-refractivity contribution in [2.75, 3.05) is 20.3 Å². The van der Waals surface area contributed by atoms with Gasteiger partial charge in [0.2, 0.25) is 0 Å². The van der Waals surface area contributed by atoms with Crippen LogP contribution in [0.4, 0.5) is 4.39 Å². The first-order valence-corrected chi connectivity index (χ1v) is 14.4. The van der Waals surface area contributed by atoms with E-state index in [0.717, 1.165) is 56.0 Å². The standard InChI is InChI=1S/C32H47FNO2/c1-4-6-8-10-12-14-24-36-32-29-22-23-34(25-26-16-18-27(33)19-17-26)30(15-13-11-9-7-5-2)28(29)20-21-31(32)35-3/h16-21H,4-15,22-25H2,1-3H3/q+1. The zero-order valence-corrected chi connectivity index (χ0v) is 22.9. The summed E-state index contributed by atoms with van der Waals surface area (Å²) in [6.07, 6.45) is 15.8. The van der Waals surface area contributed by atoms with Crippen molar-refractivity contribution in [3.05, 3.63) is 58.9 Å². The molecule has 3 nitrogen and oxygen atoms in total. The molecule has 0 radical (unpaired) electrons. The van der Waals surface area contributed by atoms with Crippen LogP contribution in [0.3, 0.4) is 0 Å². The lowest BCUT2D eigenvalue weighted by atomic mass is 9.92. The number of rotatable bonds is 17. The molecule has 0 saturated heterocycles. The van der Waals surface area contributed by atoms with Gasteiger partial charge in [-0.3, -0.25) is 0 Å². The molecule has 0 aliphatic carbocycles. The first-order valence-electron chi connectivity index (χ1n) is 14.4. The topological polar surface area (TPSA) is 21.5 Å². The molecule has 198 valence electrons. The normalized spacial score (nSPS) is 13.1. The molecule has 0 bridgehead atoms. The van der Waals surface area contributed by atoms with Crippen LogP contribution < -0.4 is 9.47 Å². The van der Waals surface area contributed by atoms with Crippen LogP contribution in [0, 0.1) is 5.82 Å². The van der Waals surface area contributed by atoms with Gasteiger partial charge >= 0.3 is 0 Å². The number of unbranched alkanes of at least 4 members (excludes halogenated alkanes) is 9. The first kappa shape index (κ1) is 28.2. The molecule has 0 spiro atoms. The Balaban J connectivity index is 1.80. The van der Waals surface area contributed by atoms with E-state index in [9.17, 15) is 4.39 Å². The molecule has 4 heteroatoms. The Kier molecular flexibility index (Phi) is 12.3. The summed E-state index contributed by atoms with van der Waals surface area (Å²) in [5.41, 5.74) is 5.14. The van der Waals surface area contributed by atoms with Gasteiger partial charge in [-0.05, 0) is 49.2 Å². The van der Waals surface area contributed by atoms with Gasteiger partial charge in [-0.1, -0.05) is 71.6 Å². The molecule has 0 aromatic heterocycles. The maximum atomic E-state index is 13.5. The van der Waals surface area contributed by atoms with E-state index in [2.05, 4.69) is 30.6 Å². The third kappa shape index (κ3) is 8.35. The first-order chi connectivity index (χ1) is 17.7. The molecule has 2 aromatic rings. The Morgan fingerprint density at radius 3 is 2.17 bits per heavy atom. The summed E-state index contributed by atoms with van der Waals surface area (Å²) in [7, 11) is 1.74. The summed E-state index contributed by atoms with van der Waals surface area (Å²) in [5.74, 6) is 1.60. The molecule has 0 amide bonds. The predicted molar refractivity (Wildman–Crippen MR) is 148 cm³/mol. The highest BCUT2D eigenvalue weighted by atomic mass is 19.1. The lowest BCUT2D eigenvalue weighted by molar-refractivity contribution is -0.545. The van der Waals surface area contributed by atoms with Gasteiger partial charge in [0.25, 0.3) is 0 Å². The molecule has 0 saturated carbocycles. The van der Waals surface area contributed by atoms with Crippen molar-refractivity contribution in [2.45, 2.75) is 104 Å². The van der Waals surface area contributed by atoms with Crippen LogP contribution in [0.2, 0.25) is 0 Å². The van der Waals surface area contributed by atoms with Crippen molar-refractivity contribution in [3.8, 4) is 11.5 Å². The Morgan fingerprint density at radius 1 is 0.806 bits per heavy atom. The number of ether oxygens (including phenoxy) is 2. The summed E-state index contributed by atoms with van der Waals surface area (Å²) >= 11 is 0. The van der Waals surface area contributed by atoms with Crippen LogP contribution in [0.15, 0.2) is 36.4 Å². The van der Waals surface area contributed by atoms with E-state index in [1.165, 1.54) is 81.0 Å². The van der Waals surface area contributed by atoms with Crippen molar-refractivity contribution in [1.82, 2.24) is 0 Å². The van der Waals surface area contributed by atoms with E-state index in [0.29, 0.717) is 0 Å². The van der Waals surface area contributed by atoms with Crippen molar-refractivity contribution >= 4 is 5.71 Å². The number of hydrogen-bond donors (Lipinski definition) is 0. The summed E-state index contributed by atoms with van der Waals surface area (Å²) in [6.45, 7) is 7.01. The highest BCUT2D eigenvalue weighted by Crippen LogP contribution is 2.37. The number of methoxy groups -OCH3 is 1. The highest BCUT2D eigenvalue weighted by molar-refractivity contribution is 5.99. The van der Waals surface area contributed by atoms with Gasteiger partial charge in [0.1, 0.15) is 12.4 Å². The SMILES string of the molecule is CCCCCCCCOc1c(OC)ccc2c1CC[N+](Cc1ccc(F)cc1)=C2CCCCCCC. The molecular formula is C32H47FNO2+. The molecule has 2 aromatic carbocycles. The summed E-state index contributed by atoms with van der Waals surface area (Å²) < 4.78 is 28.1. The minimum atomic E-state index is -0.179. The quantitative estimate of drug-likeness (QED) is 0.162. The van der Waals surface area contributed by atoms with Gasteiger partial charge in [-0.25, -0.2) is 8.97 Å². The fourth-order valence-electron chi connectivity index (χ4n) is 5.23. The van der Waals surface area contributed by atoms with E-state index >= 15 is 0 Å². The van der Waals surface area contributed by atoms with E-state index in [1.54, 1.807) is 19.2 Å². The second kappa shape index (κ2) is 15.7. The highest BCUT2D eigenvalue weighted by Gasteiger charge is 2.29. The summed E-state index contributed by atoms with van der Waals surface area (Å²) in [5, 5.41) is 0. The molecule has 0 unspecified atom stereocenters. The third-order valence-electron chi connectivity index (χ3n) is 7.32. The molecule has 0 atom stereocenters. The van der Waals surface area contributed by atoms with Crippen molar-refractivity contribution in [2.24, 2.45) is 0 Å². The molecule has 3 rings (SSSR count). The zero-order chi connectivity index (χ0) is 25.6. The molecule has 1 aliphatic heterocycles. The second-order valence-corrected chi connectivity index (χ2v) is 10.1. The van der Waals surface area contributed by atoms with Crippen LogP contribution in [-0.4, -0.2) is 30.5 Å². The fourth-order valence-corrected chi connectivity index (χ4v) is 5.23. The number of nitrogens with zero attached hydrogens (tertiary/aromatic N) is 1. The van der Waals surface area contributed by atoms with Crippen molar-refractivity contribution < 1.29 is 18.4 Å². The molecule has 1 aliphatic rings. The number of benzene rings is 2. The van der Waals surface area contributed by atoms with Gasteiger partial charge in [-0.2, -0.15) is 0 Å². The molecule has 1 heterocycles. The van der Waals surface area contributed by atoms with Crippen molar-refractivity contribution in [1.29, 1.82) is 0 Å². The van der Waals surface area contributed by atoms with E-state index in [-0.39, 0.29) is 5.82 Å². The lowest BCUT2D eigenvalue weighted by Gasteiger charge is -2.23. The predicted octanol–water partition coefficient (Wildman–Crippen LogP) is 8.49. The number of fused-ring (bicyclic) bond motifs is 1. The Morgan fingerprint density at radius 2 is 1.47 bits per heavy atom. The maximum absolute atomic E-state index is 13.5. The summed E-state index contributed by atoms with van der Waals surface area (Å²) in [6, 6.07) is 11.3. The van der Waals surface area contributed by atoms with E-state index in [4.69, 9.17) is 9.47 Å². The zero-order valence-electron chi connectivity index (χ0n) is 22.9. The van der Waals surface area contributed by atoms with Crippen LogP contribution in [0.25, 0.3) is 0 Å². The molecule has 36 heavy (non-hydrogen) atoms. The van der Waals surface area contributed by atoms with E-state index < -0.39 is 0 Å². The van der Waals surface area contributed by atoms with Gasteiger partial charge in [-0.15, -0.1) is 0 Å². The monoisotopic (exact) mass is 496 g/mol. The fraction of sp³-hybridized carbons (Fsp3) is 0.594. The third-order valence-corrected chi connectivity index (χ3v) is 7.32.